The number of rotatable bonds is 4. The molecule has 1 aliphatic rings. The van der Waals surface area contributed by atoms with Crippen LogP contribution in [0.2, 0.25) is 0 Å². The number of hydrogen-bond acceptors (Lipinski definition) is 5. The van der Waals surface area contributed by atoms with Crippen molar-refractivity contribution >= 4 is 23.5 Å². The van der Waals surface area contributed by atoms with Crippen LogP contribution < -0.4 is 21.9 Å². The Hall–Kier alpha value is -3.42. The van der Waals surface area contributed by atoms with Gasteiger partial charge in [0.15, 0.2) is 0 Å². The van der Waals surface area contributed by atoms with Crippen molar-refractivity contribution < 1.29 is 14.4 Å². The van der Waals surface area contributed by atoms with Crippen LogP contribution in [0, 0.1) is 6.92 Å². The molecule has 8 nitrogen and oxygen atoms in total. The quantitative estimate of drug-likeness (QED) is 0.699. The minimum Gasteiger partial charge on any atom is -0.384 e. The molecule has 2 heterocycles. The molecule has 0 saturated heterocycles. The number of aryl methyl sites for hydroxylation is 1. The molecule has 3 amide bonds. The molecule has 0 aliphatic carbocycles. The predicted molar refractivity (Wildman–Crippen MR) is 95.6 cm³/mol. The van der Waals surface area contributed by atoms with Gasteiger partial charge in [-0.15, -0.1) is 0 Å². The van der Waals surface area contributed by atoms with Gasteiger partial charge in [-0.3, -0.25) is 29.1 Å². The van der Waals surface area contributed by atoms with Crippen LogP contribution in [0.4, 0.5) is 5.82 Å². The maximum absolute atomic E-state index is 12.5. The SMILES string of the molecule is CCCNC(=O)c1ccc(C)c(-n2c(N)c3c(cc2=O)C(=O)NC3=O)c1. The number of fused-ring (bicyclic) bond motifs is 1. The molecule has 2 aromatic rings. The number of amides is 3. The first-order valence-corrected chi connectivity index (χ1v) is 8.15. The van der Waals surface area contributed by atoms with Crippen LogP contribution in [-0.4, -0.2) is 28.8 Å². The van der Waals surface area contributed by atoms with E-state index in [1.165, 1.54) is 0 Å². The highest BCUT2D eigenvalue weighted by Crippen LogP contribution is 2.24. The van der Waals surface area contributed by atoms with Crippen molar-refractivity contribution in [2.45, 2.75) is 20.3 Å². The van der Waals surface area contributed by atoms with Crippen LogP contribution in [0.3, 0.4) is 0 Å². The second-order valence-corrected chi connectivity index (χ2v) is 6.03. The summed E-state index contributed by atoms with van der Waals surface area (Å²) in [5.74, 6) is -1.70. The smallest absolute Gasteiger partial charge is 0.262 e. The van der Waals surface area contributed by atoms with E-state index in [4.69, 9.17) is 5.73 Å². The number of pyridine rings is 1. The predicted octanol–water partition coefficient (Wildman–Crippen LogP) is 0.752. The number of aromatic nitrogens is 1. The van der Waals surface area contributed by atoms with Crippen molar-refractivity contribution in [2.75, 3.05) is 12.3 Å². The largest absolute Gasteiger partial charge is 0.384 e. The Morgan fingerprint density at radius 3 is 2.62 bits per heavy atom. The van der Waals surface area contributed by atoms with Gasteiger partial charge in [-0.2, -0.15) is 0 Å². The standard InChI is InChI=1S/C18H18N4O4/c1-3-6-20-16(24)10-5-4-9(2)12(7-10)22-13(23)8-11-14(15(22)19)18(26)21-17(11)25/h4-5,7-8H,3,6,19H2,1-2H3,(H,20,24)(H,21,25,26). The molecule has 0 spiro atoms. The van der Waals surface area contributed by atoms with E-state index in [0.29, 0.717) is 23.4 Å². The van der Waals surface area contributed by atoms with E-state index >= 15 is 0 Å². The molecule has 1 aliphatic heterocycles. The average Bonchev–Trinajstić information content (AvgIpc) is 2.88. The normalized spacial score (nSPS) is 12.7. The van der Waals surface area contributed by atoms with Gasteiger partial charge < -0.3 is 11.1 Å². The van der Waals surface area contributed by atoms with Gasteiger partial charge in [-0.25, -0.2) is 0 Å². The molecule has 0 fully saturated rings. The molecule has 26 heavy (non-hydrogen) atoms. The Labute approximate surface area is 149 Å². The third-order valence-corrected chi connectivity index (χ3v) is 4.20. The molecule has 8 heteroatoms. The summed E-state index contributed by atoms with van der Waals surface area (Å²) in [6.07, 6.45) is 0.796. The summed E-state index contributed by atoms with van der Waals surface area (Å²) in [4.78, 5) is 48.5. The first-order valence-electron chi connectivity index (χ1n) is 8.15. The first-order chi connectivity index (χ1) is 12.3. The summed E-state index contributed by atoms with van der Waals surface area (Å²) in [5, 5.41) is 4.89. The number of carbonyl (C=O) groups excluding carboxylic acids is 3. The van der Waals surface area contributed by atoms with Crippen LogP contribution in [0.1, 0.15) is 50.0 Å². The van der Waals surface area contributed by atoms with Crippen molar-refractivity contribution in [1.82, 2.24) is 15.2 Å². The number of nitrogens with one attached hydrogen (secondary N) is 2. The van der Waals surface area contributed by atoms with E-state index in [1.54, 1.807) is 25.1 Å². The molecule has 0 saturated carbocycles. The number of nitrogens with zero attached hydrogens (tertiary/aromatic N) is 1. The summed E-state index contributed by atoms with van der Waals surface area (Å²) < 4.78 is 1.14. The lowest BCUT2D eigenvalue weighted by molar-refractivity contribution is 0.0878. The Morgan fingerprint density at radius 1 is 1.19 bits per heavy atom. The van der Waals surface area contributed by atoms with Crippen molar-refractivity contribution in [2.24, 2.45) is 0 Å². The van der Waals surface area contributed by atoms with E-state index in [1.807, 2.05) is 6.92 Å². The molecular formula is C18H18N4O4. The third kappa shape index (κ3) is 2.75. The van der Waals surface area contributed by atoms with Gasteiger partial charge in [-0.1, -0.05) is 13.0 Å². The highest BCUT2D eigenvalue weighted by molar-refractivity contribution is 6.23. The van der Waals surface area contributed by atoms with E-state index in [2.05, 4.69) is 10.6 Å². The van der Waals surface area contributed by atoms with Gasteiger partial charge in [0.25, 0.3) is 23.3 Å². The average molecular weight is 354 g/mol. The monoisotopic (exact) mass is 354 g/mol. The maximum atomic E-state index is 12.5. The number of imide groups is 1. The Morgan fingerprint density at radius 2 is 1.92 bits per heavy atom. The molecule has 1 aromatic carbocycles. The molecule has 134 valence electrons. The first kappa shape index (κ1) is 17.4. The lowest BCUT2D eigenvalue weighted by Gasteiger charge is -2.15. The number of benzene rings is 1. The molecule has 4 N–H and O–H groups in total. The number of hydrogen-bond donors (Lipinski definition) is 3. The van der Waals surface area contributed by atoms with Gasteiger partial charge >= 0.3 is 0 Å². The number of anilines is 1. The summed E-state index contributed by atoms with van der Waals surface area (Å²) in [5.41, 5.74) is 6.86. The molecule has 0 unspecified atom stereocenters. The summed E-state index contributed by atoms with van der Waals surface area (Å²) in [7, 11) is 0. The van der Waals surface area contributed by atoms with Crippen LogP contribution in [0.15, 0.2) is 29.1 Å². The number of carbonyl (C=O) groups is 3. The summed E-state index contributed by atoms with van der Waals surface area (Å²) in [6, 6.07) is 5.96. The van der Waals surface area contributed by atoms with Crippen LogP contribution in [0.25, 0.3) is 5.69 Å². The van der Waals surface area contributed by atoms with Gasteiger partial charge in [0.1, 0.15) is 5.82 Å². The lowest BCUT2D eigenvalue weighted by atomic mass is 10.1. The van der Waals surface area contributed by atoms with Crippen molar-refractivity contribution in [3.8, 4) is 5.69 Å². The maximum Gasteiger partial charge on any atom is 0.262 e. The van der Waals surface area contributed by atoms with E-state index in [0.717, 1.165) is 17.1 Å². The Balaban J connectivity index is 2.18. The molecular weight excluding hydrogens is 336 g/mol. The number of nitrogens with two attached hydrogens (primary N) is 1. The van der Waals surface area contributed by atoms with Gasteiger partial charge in [0.05, 0.1) is 16.8 Å². The van der Waals surface area contributed by atoms with Crippen LogP contribution in [0.5, 0.6) is 0 Å². The van der Waals surface area contributed by atoms with Crippen molar-refractivity contribution in [3.63, 3.8) is 0 Å². The molecule has 0 bridgehead atoms. The Bertz CT molecular complexity index is 1010. The molecule has 0 atom stereocenters. The van der Waals surface area contributed by atoms with E-state index in [-0.39, 0.29) is 22.9 Å². The molecule has 1 aromatic heterocycles. The van der Waals surface area contributed by atoms with Crippen molar-refractivity contribution in [3.05, 3.63) is 56.9 Å². The van der Waals surface area contributed by atoms with Crippen LogP contribution >= 0.6 is 0 Å². The van der Waals surface area contributed by atoms with E-state index < -0.39 is 17.4 Å². The van der Waals surface area contributed by atoms with E-state index in [9.17, 15) is 19.2 Å². The zero-order chi connectivity index (χ0) is 19.0. The fraction of sp³-hybridized carbons (Fsp3) is 0.222. The third-order valence-electron chi connectivity index (χ3n) is 4.20. The fourth-order valence-electron chi connectivity index (χ4n) is 2.86. The minimum absolute atomic E-state index is 0.0326. The summed E-state index contributed by atoms with van der Waals surface area (Å²) >= 11 is 0. The molecule has 0 radical (unpaired) electrons. The van der Waals surface area contributed by atoms with Gasteiger partial charge in [0.2, 0.25) is 0 Å². The van der Waals surface area contributed by atoms with Gasteiger partial charge in [-0.05, 0) is 31.0 Å². The second-order valence-electron chi connectivity index (χ2n) is 6.03. The zero-order valence-electron chi connectivity index (χ0n) is 14.4. The fourth-order valence-corrected chi connectivity index (χ4v) is 2.86. The minimum atomic E-state index is -0.648. The van der Waals surface area contributed by atoms with Gasteiger partial charge in [0, 0.05) is 18.2 Å². The highest BCUT2D eigenvalue weighted by Gasteiger charge is 2.32. The molecule has 3 rings (SSSR count). The Kier molecular flexibility index (Phi) is 4.33. The topological polar surface area (TPSA) is 123 Å². The zero-order valence-corrected chi connectivity index (χ0v) is 14.4. The lowest BCUT2D eigenvalue weighted by Crippen LogP contribution is -2.26. The highest BCUT2D eigenvalue weighted by atomic mass is 16.2. The summed E-state index contributed by atoms with van der Waals surface area (Å²) in [6.45, 7) is 4.23. The number of nitrogen functional groups attached to an aromatic ring is 1. The van der Waals surface area contributed by atoms with Crippen molar-refractivity contribution in [1.29, 1.82) is 0 Å². The second kappa shape index (κ2) is 6.47. The van der Waals surface area contributed by atoms with Crippen LogP contribution in [-0.2, 0) is 0 Å².